The van der Waals surface area contributed by atoms with Crippen LogP contribution in [0.4, 0.5) is 0 Å². The first-order valence-electron chi connectivity index (χ1n) is 8.29. The van der Waals surface area contributed by atoms with Crippen molar-refractivity contribution >= 4 is 10.0 Å². The maximum atomic E-state index is 11.5. The normalized spacial score (nSPS) is 28.2. The monoisotopic (exact) mass is 380 g/mol. The quantitative estimate of drug-likeness (QED) is 0.759. The van der Waals surface area contributed by atoms with E-state index in [1.54, 1.807) is 10.9 Å². The highest BCUT2D eigenvalue weighted by Crippen LogP contribution is 2.34. The van der Waals surface area contributed by atoms with Crippen molar-refractivity contribution < 1.29 is 22.6 Å². The van der Waals surface area contributed by atoms with E-state index in [4.69, 9.17) is 14.2 Å². The number of nitrogens with zero attached hydrogens (tertiary/aromatic N) is 3. The molecule has 1 N–H and O–H groups in total. The molecular weight excluding hydrogens is 360 g/mol. The third-order valence-electron chi connectivity index (χ3n) is 4.42. The van der Waals surface area contributed by atoms with Crippen LogP contribution in [-0.4, -0.2) is 61.1 Å². The van der Waals surface area contributed by atoms with Gasteiger partial charge >= 0.3 is 0 Å². The topological polar surface area (TPSA) is 105 Å². The number of nitrogens with one attached hydrogen (secondary N) is 1. The largest absolute Gasteiger partial charge is 0.487 e. The fourth-order valence-corrected chi connectivity index (χ4v) is 4.05. The van der Waals surface area contributed by atoms with Gasteiger partial charge in [-0.2, -0.15) is 0 Å². The lowest BCUT2D eigenvalue weighted by Gasteiger charge is -2.16. The van der Waals surface area contributed by atoms with Crippen molar-refractivity contribution in [1.82, 2.24) is 19.7 Å². The molecule has 10 heteroatoms. The molecule has 0 spiro atoms. The van der Waals surface area contributed by atoms with Gasteiger partial charge in [0.2, 0.25) is 10.0 Å². The number of para-hydroxylation sites is 1. The molecule has 2 aliphatic heterocycles. The van der Waals surface area contributed by atoms with Crippen LogP contribution in [0.15, 0.2) is 36.5 Å². The zero-order valence-corrected chi connectivity index (χ0v) is 15.0. The summed E-state index contributed by atoms with van der Waals surface area (Å²) in [6.07, 6.45) is 2.34. The predicted octanol–water partition coefficient (Wildman–Crippen LogP) is 0.114. The van der Waals surface area contributed by atoms with Crippen molar-refractivity contribution in [2.24, 2.45) is 0 Å². The van der Waals surface area contributed by atoms with Crippen molar-refractivity contribution in [1.29, 1.82) is 0 Å². The highest BCUT2D eigenvalue weighted by Gasteiger charge is 2.49. The minimum Gasteiger partial charge on any atom is -0.487 e. The Hall–Kier alpha value is -2.01. The van der Waals surface area contributed by atoms with Gasteiger partial charge in [-0.1, -0.05) is 23.4 Å². The van der Waals surface area contributed by atoms with Crippen molar-refractivity contribution in [3.63, 3.8) is 0 Å². The molecule has 2 fully saturated rings. The first kappa shape index (κ1) is 17.4. The van der Waals surface area contributed by atoms with Crippen LogP contribution in [0.25, 0.3) is 0 Å². The van der Waals surface area contributed by atoms with Gasteiger partial charge in [0.25, 0.3) is 0 Å². The molecule has 2 aromatic rings. The van der Waals surface area contributed by atoms with Gasteiger partial charge in [0.05, 0.1) is 31.7 Å². The molecule has 3 heterocycles. The summed E-state index contributed by atoms with van der Waals surface area (Å²) in [5.41, 5.74) is 0.695. The van der Waals surface area contributed by atoms with Gasteiger partial charge in [-0.3, -0.25) is 0 Å². The van der Waals surface area contributed by atoms with Gasteiger partial charge in [-0.15, -0.1) is 5.10 Å². The molecule has 0 radical (unpaired) electrons. The number of hydrogen-bond donors (Lipinski definition) is 1. The average Bonchev–Trinajstić information content (AvgIpc) is 3.30. The van der Waals surface area contributed by atoms with Gasteiger partial charge in [0, 0.05) is 0 Å². The van der Waals surface area contributed by atoms with Gasteiger partial charge in [0.1, 0.15) is 36.3 Å². The third-order valence-corrected chi connectivity index (χ3v) is 5.15. The van der Waals surface area contributed by atoms with Crippen LogP contribution in [0, 0.1) is 0 Å². The average molecular weight is 380 g/mol. The van der Waals surface area contributed by atoms with E-state index < -0.39 is 10.0 Å². The molecule has 0 saturated carbocycles. The molecule has 140 valence electrons. The summed E-state index contributed by atoms with van der Waals surface area (Å²) in [6.45, 7) is 0.974. The van der Waals surface area contributed by atoms with Gasteiger partial charge < -0.3 is 14.2 Å². The van der Waals surface area contributed by atoms with Crippen LogP contribution in [0.3, 0.4) is 0 Å². The number of hydrogen-bond acceptors (Lipinski definition) is 7. The number of fused-ring (bicyclic) bond motifs is 1. The molecule has 1 aromatic heterocycles. The molecule has 1 aromatic carbocycles. The SMILES string of the molecule is CS(=O)(=O)N[C@H]1CO[C@H]2[C@@H]1OC[C@@H]2n1cc(COc2ccccc2)nn1. The molecule has 0 bridgehead atoms. The van der Waals surface area contributed by atoms with Crippen molar-refractivity contribution in [2.75, 3.05) is 19.5 Å². The summed E-state index contributed by atoms with van der Waals surface area (Å²) in [7, 11) is -3.32. The first-order valence-corrected chi connectivity index (χ1v) is 10.2. The van der Waals surface area contributed by atoms with E-state index in [1.807, 2.05) is 30.3 Å². The molecule has 4 rings (SSSR count). The molecule has 0 unspecified atom stereocenters. The summed E-state index contributed by atoms with van der Waals surface area (Å²) in [5.74, 6) is 0.764. The van der Waals surface area contributed by atoms with E-state index >= 15 is 0 Å². The Kier molecular flexibility index (Phi) is 4.65. The van der Waals surface area contributed by atoms with Crippen molar-refractivity contribution in [2.45, 2.75) is 30.9 Å². The zero-order chi connectivity index (χ0) is 18.1. The Morgan fingerprint density at radius 2 is 2.00 bits per heavy atom. The summed E-state index contributed by atoms with van der Waals surface area (Å²) in [6, 6.07) is 8.95. The van der Waals surface area contributed by atoms with E-state index in [1.165, 1.54) is 0 Å². The van der Waals surface area contributed by atoms with E-state index in [2.05, 4.69) is 15.0 Å². The summed E-state index contributed by atoms with van der Waals surface area (Å²) >= 11 is 0. The molecule has 4 atom stereocenters. The number of rotatable bonds is 6. The number of aromatic nitrogens is 3. The Morgan fingerprint density at radius 1 is 1.23 bits per heavy atom. The van der Waals surface area contributed by atoms with E-state index in [0.29, 0.717) is 18.9 Å². The fourth-order valence-electron chi connectivity index (χ4n) is 3.30. The summed E-state index contributed by atoms with van der Waals surface area (Å²) in [4.78, 5) is 0. The summed E-state index contributed by atoms with van der Waals surface area (Å²) in [5, 5.41) is 8.29. The second-order valence-electron chi connectivity index (χ2n) is 6.45. The first-order chi connectivity index (χ1) is 12.5. The van der Waals surface area contributed by atoms with Crippen LogP contribution in [0.2, 0.25) is 0 Å². The minimum absolute atomic E-state index is 0.149. The van der Waals surface area contributed by atoms with Crippen LogP contribution >= 0.6 is 0 Å². The highest BCUT2D eigenvalue weighted by atomic mass is 32.2. The molecule has 0 amide bonds. The Morgan fingerprint density at radius 3 is 2.77 bits per heavy atom. The molecule has 0 aliphatic carbocycles. The second kappa shape index (κ2) is 6.95. The molecule has 26 heavy (non-hydrogen) atoms. The number of ether oxygens (including phenoxy) is 3. The van der Waals surface area contributed by atoms with E-state index in [-0.39, 0.29) is 30.9 Å². The van der Waals surface area contributed by atoms with E-state index in [9.17, 15) is 8.42 Å². The van der Waals surface area contributed by atoms with Gasteiger partial charge in [-0.05, 0) is 12.1 Å². The summed E-state index contributed by atoms with van der Waals surface area (Å²) < 4.78 is 44.4. The third kappa shape index (κ3) is 3.73. The van der Waals surface area contributed by atoms with E-state index in [0.717, 1.165) is 12.0 Å². The molecule has 2 saturated heterocycles. The maximum Gasteiger partial charge on any atom is 0.209 e. The van der Waals surface area contributed by atoms with Crippen LogP contribution in [0.5, 0.6) is 5.75 Å². The number of benzene rings is 1. The van der Waals surface area contributed by atoms with Crippen LogP contribution in [0.1, 0.15) is 11.7 Å². The fraction of sp³-hybridized carbons (Fsp3) is 0.500. The maximum absolute atomic E-state index is 11.5. The standard InChI is InChI=1S/C16H20N4O5S/c1-26(21,22)18-13-9-24-16-14(10-25-15(13)16)20-7-11(17-19-20)8-23-12-5-3-2-4-6-12/h2-7,13-16,18H,8-10H2,1H3/t13-,14-,15+,16+/m0/s1. The molecular formula is C16H20N4O5S. The molecule has 2 aliphatic rings. The highest BCUT2D eigenvalue weighted by molar-refractivity contribution is 7.88. The minimum atomic E-state index is -3.32. The van der Waals surface area contributed by atoms with Gasteiger partial charge in [0.15, 0.2) is 0 Å². The van der Waals surface area contributed by atoms with Crippen LogP contribution < -0.4 is 9.46 Å². The molecule has 9 nitrogen and oxygen atoms in total. The van der Waals surface area contributed by atoms with Crippen molar-refractivity contribution in [3.05, 3.63) is 42.2 Å². The zero-order valence-electron chi connectivity index (χ0n) is 14.2. The Bertz CT molecular complexity index is 857. The van der Waals surface area contributed by atoms with Gasteiger partial charge in [-0.25, -0.2) is 17.8 Å². The lowest BCUT2D eigenvalue weighted by atomic mass is 10.1. The van der Waals surface area contributed by atoms with Crippen molar-refractivity contribution in [3.8, 4) is 5.75 Å². The smallest absolute Gasteiger partial charge is 0.209 e. The predicted molar refractivity (Wildman–Crippen MR) is 91.1 cm³/mol. The van der Waals surface area contributed by atoms with Crippen LogP contribution in [-0.2, 0) is 26.1 Å². The Labute approximate surface area is 151 Å². The lowest BCUT2D eigenvalue weighted by Crippen LogP contribution is -2.43. The number of sulfonamides is 1. The Balaban J connectivity index is 1.39. The second-order valence-corrected chi connectivity index (χ2v) is 8.23. The lowest BCUT2D eigenvalue weighted by molar-refractivity contribution is 0.0624.